The molecule has 2 rings (SSSR count). The normalized spacial score (nSPS) is 19.2. The van der Waals surface area contributed by atoms with Crippen molar-refractivity contribution in [2.45, 2.75) is 32.6 Å². The number of anilines is 1. The Balaban J connectivity index is 1.92. The molecule has 3 heteroatoms. The van der Waals surface area contributed by atoms with E-state index in [-0.39, 0.29) is 11.7 Å². The zero-order valence-corrected chi connectivity index (χ0v) is 10.9. The molecule has 0 spiro atoms. The van der Waals surface area contributed by atoms with E-state index < -0.39 is 0 Å². The Morgan fingerprint density at radius 1 is 1.33 bits per heavy atom. The third-order valence-electron chi connectivity index (χ3n) is 3.75. The molecule has 1 atom stereocenters. The standard InChI is InChI=1S/C15H20FNO/c1-2-17(14-8-6-13(16)7-9-14)11-10-12-4-3-5-15(12)18/h6-9,12H,2-5,10-11H2,1H3. The van der Waals surface area contributed by atoms with Crippen LogP contribution in [0, 0.1) is 11.7 Å². The molecule has 1 fully saturated rings. The SMILES string of the molecule is CCN(CCC1CCCC1=O)c1ccc(F)cc1. The van der Waals surface area contributed by atoms with Gasteiger partial charge in [-0.1, -0.05) is 0 Å². The molecule has 0 heterocycles. The fraction of sp³-hybridized carbons (Fsp3) is 0.533. The minimum atomic E-state index is -0.208. The number of Topliss-reactive ketones (excluding diaryl/α,β-unsaturated/α-hetero) is 1. The van der Waals surface area contributed by atoms with Gasteiger partial charge in [0.25, 0.3) is 0 Å². The molecule has 1 saturated carbocycles. The third kappa shape index (κ3) is 3.09. The van der Waals surface area contributed by atoms with Crippen molar-refractivity contribution >= 4 is 11.5 Å². The van der Waals surface area contributed by atoms with Gasteiger partial charge in [0.2, 0.25) is 0 Å². The molecule has 18 heavy (non-hydrogen) atoms. The molecule has 0 saturated heterocycles. The fourth-order valence-corrected chi connectivity index (χ4v) is 2.63. The summed E-state index contributed by atoms with van der Waals surface area (Å²) in [6.07, 6.45) is 3.77. The number of ketones is 1. The number of nitrogens with zero attached hydrogens (tertiary/aromatic N) is 1. The van der Waals surface area contributed by atoms with E-state index in [9.17, 15) is 9.18 Å². The van der Waals surface area contributed by atoms with Crippen molar-refractivity contribution in [2.75, 3.05) is 18.0 Å². The molecule has 0 aromatic heterocycles. The van der Waals surface area contributed by atoms with Crippen LogP contribution in [-0.2, 0) is 4.79 Å². The molecule has 0 bridgehead atoms. The Morgan fingerprint density at radius 2 is 2.06 bits per heavy atom. The van der Waals surface area contributed by atoms with Crippen LogP contribution in [0.2, 0.25) is 0 Å². The number of carbonyl (C=O) groups excluding carboxylic acids is 1. The minimum absolute atomic E-state index is 0.208. The van der Waals surface area contributed by atoms with Gasteiger partial charge in [0.15, 0.2) is 0 Å². The molecule has 0 radical (unpaired) electrons. The van der Waals surface area contributed by atoms with Crippen molar-refractivity contribution in [3.63, 3.8) is 0 Å². The van der Waals surface area contributed by atoms with Gasteiger partial charge >= 0.3 is 0 Å². The van der Waals surface area contributed by atoms with Gasteiger partial charge in [0, 0.05) is 31.1 Å². The molecular weight excluding hydrogens is 229 g/mol. The smallest absolute Gasteiger partial charge is 0.136 e. The second-order valence-electron chi connectivity index (χ2n) is 4.90. The van der Waals surface area contributed by atoms with Crippen LogP contribution in [0.1, 0.15) is 32.6 Å². The molecule has 1 aromatic carbocycles. The third-order valence-corrected chi connectivity index (χ3v) is 3.75. The maximum absolute atomic E-state index is 12.9. The van der Waals surface area contributed by atoms with Gasteiger partial charge < -0.3 is 4.90 Å². The highest BCUT2D eigenvalue weighted by atomic mass is 19.1. The maximum atomic E-state index is 12.9. The summed E-state index contributed by atoms with van der Waals surface area (Å²) in [6, 6.07) is 6.57. The van der Waals surface area contributed by atoms with Crippen LogP contribution >= 0.6 is 0 Å². The average Bonchev–Trinajstić information content (AvgIpc) is 2.78. The Morgan fingerprint density at radius 3 is 2.61 bits per heavy atom. The quantitative estimate of drug-likeness (QED) is 0.797. The molecule has 0 aliphatic heterocycles. The van der Waals surface area contributed by atoms with E-state index in [1.54, 1.807) is 12.1 Å². The van der Waals surface area contributed by atoms with Crippen LogP contribution in [0.15, 0.2) is 24.3 Å². The molecule has 1 aliphatic rings. The van der Waals surface area contributed by atoms with Crippen molar-refractivity contribution in [2.24, 2.45) is 5.92 Å². The van der Waals surface area contributed by atoms with E-state index in [4.69, 9.17) is 0 Å². The monoisotopic (exact) mass is 249 g/mol. The Labute approximate surface area is 108 Å². The largest absolute Gasteiger partial charge is 0.372 e. The summed E-state index contributed by atoms with van der Waals surface area (Å²) >= 11 is 0. The Kier molecular flexibility index (Phi) is 4.34. The van der Waals surface area contributed by atoms with E-state index in [2.05, 4.69) is 11.8 Å². The Bertz CT molecular complexity index is 401. The molecule has 98 valence electrons. The van der Waals surface area contributed by atoms with Gasteiger partial charge in [-0.25, -0.2) is 4.39 Å². The van der Waals surface area contributed by atoms with E-state index in [0.717, 1.165) is 44.5 Å². The van der Waals surface area contributed by atoms with Gasteiger partial charge in [-0.15, -0.1) is 0 Å². The first-order chi connectivity index (χ1) is 8.70. The van der Waals surface area contributed by atoms with Crippen molar-refractivity contribution in [1.82, 2.24) is 0 Å². The van der Waals surface area contributed by atoms with E-state index in [1.807, 2.05) is 0 Å². The lowest BCUT2D eigenvalue weighted by molar-refractivity contribution is -0.120. The molecule has 1 aromatic rings. The molecular formula is C15H20FNO. The first kappa shape index (κ1) is 13.1. The lowest BCUT2D eigenvalue weighted by Crippen LogP contribution is -2.26. The molecule has 1 aliphatic carbocycles. The summed E-state index contributed by atoms with van der Waals surface area (Å²) in [5, 5.41) is 0. The average molecular weight is 249 g/mol. The Hall–Kier alpha value is -1.38. The summed E-state index contributed by atoms with van der Waals surface area (Å²) in [6.45, 7) is 3.84. The highest BCUT2D eigenvalue weighted by Gasteiger charge is 2.24. The predicted octanol–water partition coefficient (Wildman–Crippen LogP) is 3.41. The van der Waals surface area contributed by atoms with Crippen LogP contribution in [0.25, 0.3) is 0 Å². The second kappa shape index (κ2) is 5.98. The summed E-state index contributed by atoms with van der Waals surface area (Å²) in [5.74, 6) is 0.463. The van der Waals surface area contributed by atoms with Crippen LogP contribution < -0.4 is 4.90 Å². The summed E-state index contributed by atoms with van der Waals surface area (Å²) in [5.41, 5.74) is 1.03. The number of rotatable bonds is 5. The topological polar surface area (TPSA) is 20.3 Å². The van der Waals surface area contributed by atoms with Gasteiger partial charge in [-0.05, 0) is 50.5 Å². The fourth-order valence-electron chi connectivity index (χ4n) is 2.63. The maximum Gasteiger partial charge on any atom is 0.136 e. The summed E-state index contributed by atoms with van der Waals surface area (Å²) < 4.78 is 12.9. The van der Waals surface area contributed by atoms with E-state index in [0.29, 0.717) is 5.78 Å². The van der Waals surface area contributed by atoms with Crippen LogP contribution in [0.5, 0.6) is 0 Å². The van der Waals surface area contributed by atoms with Gasteiger partial charge in [-0.2, -0.15) is 0 Å². The molecule has 2 nitrogen and oxygen atoms in total. The van der Waals surface area contributed by atoms with Crippen LogP contribution in [0.4, 0.5) is 10.1 Å². The highest BCUT2D eigenvalue weighted by Crippen LogP contribution is 2.25. The lowest BCUT2D eigenvalue weighted by Gasteiger charge is -2.24. The first-order valence-electron chi connectivity index (χ1n) is 6.74. The van der Waals surface area contributed by atoms with Crippen molar-refractivity contribution in [1.29, 1.82) is 0 Å². The number of carbonyl (C=O) groups is 1. The van der Waals surface area contributed by atoms with Gasteiger partial charge in [-0.3, -0.25) is 4.79 Å². The highest BCUT2D eigenvalue weighted by molar-refractivity contribution is 5.82. The van der Waals surface area contributed by atoms with Crippen LogP contribution in [-0.4, -0.2) is 18.9 Å². The van der Waals surface area contributed by atoms with Crippen molar-refractivity contribution < 1.29 is 9.18 Å². The zero-order valence-electron chi connectivity index (χ0n) is 10.9. The van der Waals surface area contributed by atoms with Gasteiger partial charge in [0.05, 0.1) is 0 Å². The molecule has 1 unspecified atom stereocenters. The number of hydrogen-bond donors (Lipinski definition) is 0. The van der Waals surface area contributed by atoms with Gasteiger partial charge in [0.1, 0.15) is 11.6 Å². The summed E-state index contributed by atoms with van der Waals surface area (Å²) in [4.78, 5) is 13.8. The second-order valence-corrected chi connectivity index (χ2v) is 4.90. The van der Waals surface area contributed by atoms with Crippen molar-refractivity contribution in [3.8, 4) is 0 Å². The van der Waals surface area contributed by atoms with E-state index in [1.165, 1.54) is 12.1 Å². The molecule has 0 amide bonds. The van der Waals surface area contributed by atoms with Crippen molar-refractivity contribution in [3.05, 3.63) is 30.1 Å². The number of benzene rings is 1. The lowest BCUT2D eigenvalue weighted by atomic mass is 10.0. The first-order valence-corrected chi connectivity index (χ1v) is 6.74. The zero-order chi connectivity index (χ0) is 13.0. The van der Waals surface area contributed by atoms with E-state index >= 15 is 0 Å². The molecule has 0 N–H and O–H groups in total. The predicted molar refractivity (Wildman–Crippen MR) is 71.3 cm³/mol. The number of hydrogen-bond acceptors (Lipinski definition) is 2. The van der Waals surface area contributed by atoms with Crippen LogP contribution in [0.3, 0.4) is 0 Å². The minimum Gasteiger partial charge on any atom is -0.372 e. The summed E-state index contributed by atoms with van der Waals surface area (Å²) in [7, 11) is 0. The number of halogens is 1.